The highest BCUT2D eigenvalue weighted by molar-refractivity contribution is 5.41. The molecule has 0 aliphatic carbocycles. The molecule has 172 valence electrons. The van der Waals surface area contributed by atoms with Crippen LogP contribution < -0.4 is 9.47 Å². The van der Waals surface area contributed by atoms with E-state index in [4.69, 9.17) is 9.47 Å². The standard InChI is InChI=1S/C29H28N2O3/c32-29(25-9-5-13-30-18-25)24-11-12-28-26(17-24)20-31(14-15-33-28)19-23-8-4-10-27(16-23)34-21-22-6-2-1-3-7-22/h1-13,16-18,29,32H,14-15,19-21H2. The second-order valence-electron chi connectivity index (χ2n) is 8.54. The molecule has 0 radical (unpaired) electrons. The number of fused-ring (bicyclic) bond motifs is 1. The molecule has 34 heavy (non-hydrogen) atoms. The minimum atomic E-state index is -0.714. The first-order chi connectivity index (χ1) is 16.7. The average molecular weight is 453 g/mol. The summed E-state index contributed by atoms with van der Waals surface area (Å²) in [6.07, 6.45) is 2.70. The number of pyridine rings is 1. The van der Waals surface area contributed by atoms with E-state index in [-0.39, 0.29) is 0 Å². The van der Waals surface area contributed by atoms with E-state index in [0.717, 1.165) is 53.4 Å². The summed E-state index contributed by atoms with van der Waals surface area (Å²) in [5.74, 6) is 1.75. The van der Waals surface area contributed by atoms with Gasteiger partial charge in [-0.15, -0.1) is 0 Å². The van der Waals surface area contributed by atoms with Crippen LogP contribution in [0.15, 0.2) is 97.3 Å². The van der Waals surface area contributed by atoms with E-state index in [2.05, 4.69) is 34.1 Å². The van der Waals surface area contributed by atoms with Crippen LogP contribution in [0.3, 0.4) is 0 Å². The third kappa shape index (κ3) is 5.45. The predicted molar refractivity (Wildman–Crippen MR) is 132 cm³/mol. The molecule has 1 unspecified atom stereocenters. The highest BCUT2D eigenvalue weighted by atomic mass is 16.5. The number of hydrogen-bond donors (Lipinski definition) is 1. The number of aromatic nitrogens is 1. The van der Waals surface area contributed by atoms with Crippen molar-refractivity contribution in [3.05, 3.63) is 125 Å². The fourth-order valence-electron chi connectivity index (χ4n) is 4.24. The van der Waals surface area contributed by atoms with Crippen molar-refractivity contribution in [1.82, 2.24) is 9.88 Å². The maximum Gasteiger partial charge on any atom is 0.123 e. The second kappa shape index (κ2) is 10.5. The molecule has 2 heterocycles. The summed E-state index contributed by atoms with van der Waals surface area (Å²) in [5, 5.41) is 10.8. The molecular formula is C29H28N2O3. The number of hydrogen-bond acceptors (Lipinski definition) is 5. The molecule has 4 aromatic rings. The summed E-state index contributed by atoms with van der Waals surface area (Å²) in [6.45, 7) is 3.54. The van der Waals surface area contributed by atoms with Gasteiger partial charge in [-0.25, -0.2) is 0 Å². The van der Waals surface area contributed by atoms with Crippen molar-refractivity contribution in [1.29, 1.82) is 0 Å². The molecule has 0 spiro atoms. The number of aliphatic hydroxyl groups is 1. The molecule has 5 rings (SSSR count). The van der Waals surface area contributed by atoms with Crippen molar-refractivity contribution in [2.75, 3.05) is 13.2 Å². The number of rotatable bonds is 7. The molecule has 1 atom stereocenters. The van der Waals surface area contributed by atoms with Crippen LogP contribution in [0.25, 0.3) is 0 Å². The van der Waals surface area contributed by atoms with Gasteiger partial charge < -0.3 is 14.6 Å². The third-order valence-corrected chi connectivity index (χ3v) is 6.01. The number of aliphatic hydroxyl groups excluding tert-OH is 1. The third-order valence-electron chi connectivity index (χ3n) is 6.01. The van der Waals surface area contributed by atoms with Crippen molar-refractivity contribution in [3.8, 4) is 11.5 Å². The topological polar surface area (TPSA) is 54.8 Å². The zero-order valence-corrected chi connectivity index (χ0v) is 19.0. The molecule has 1 aliphatic heterocycles. The predicted octanol–water partition coefficient (Wildman–Crippen LogP) is 5.14. The average Bonchev–Trinajstić information content (AvgIpc) is 3.09. The zero-order chi connectivity index (χ0) is 23.2. The van der Waals surface area contributed by atoms with Crippen LogP contribution in [0, 0.1) is 0 Å². The molecule has 0 saturated carbocycles. The smallest absolute Gasteiger partial charge is 0.123 e. The monoisotopic (exact) mass is 452 g/mol. The van der Waals surface area contributed by atoms with Crippen LogP contribution in [-0.2, 0) is 19.7 Å². The number of nitrogens with zero attached hydrogens (tertiary/aromatic N) is 2. The minimum absolute atomic E-state index is 0.553. The van der Waals surface area contributed by atoms with Gasteiger partial charge in [-0.1, -0.05) is 54.6 Å². The Morgan fingerprint density at radius 2 is 1.79 bits per heavy atom. The largest absolute Gasteiger partial charge is 0.492 e. The Labute approximate surface area is 200 Å². The maximum absolute atomic E-state index is 10.8. The summed E-state index contributed by atoms with van der Waals surface area (Å²) in [7, 11) is 0. The van der Waals surface area contributed by atoms with Gasteiger partial charge in [0.1, 0.15) is 30.8 Å². The lowest BCUT2D eigenvalue weighted by atomic mass is 10.00. The summed E-state index contributed by atoms with van der Waals surface area (Å²) in [4.78, 5) is 6.49. The quantitative estimate of drug-likeness (QED) is 0.421. The Bertz CT molecular complexity index is 1210. The van der Waals surface area contributed by atoms with E-state index < -0.39 is 6.10 Å². The van der Waals surface area contributed by atoms with Crippen LogP contribution in [0.5, 0.6) is 11.5 Å². The molecule has 0 bridgehead atoms. The minimum Gasteiger partial charge on any atom is -0.492 e. The van der Waals surface area contributed by atoms with Crippen molar-refractivity contribution >= 4 is 0 Å². The van der Waals surface area contributed by atoms with Crippen LogP contribution in [-0.4, -0.2) is 28.1 Å². The molecule has 5 heteroatoms. The van der Waals surface area contributed by atoms with Crippen molar-refractivity contribution in [2.24, 2.45) is 0 Å². The highest BCUT2D eigenvalue weighted by Crippen LogP contribution is 2.30. The van der Waals surface area contributed by atoms with E-state index in [1.54, 1.807) is 12.4 Å². The Morgan fingerprint density at radius 3 is 2.65 bits per heavy atom. The SMILES string of the molecule is OC(c1cccnc1)c1ccc2c(c1)CN(Cc1cccc(OCc3ccccc3)c1)CCO2. The van der Waals surface area contributed by atoms with Gasteiger partial charge in [0.05, 0.1) is 0 Å². The first kappa shape index (κ1) is 22.1. The lowest BCUT2D eigenvalue weighted by Crippen LogP contribution is -2.25. The Hall–Kier alpha value is -3.67. The van der Waals surface area contributed by atoms with E-state index in [9.17, 15) is 5.11 Å². The Kier molecular flexibility index (Phi) is 6.84. The molecular weight excluding hydrogens is 424 g/mol. The maximum atomic E-state index is 10.8. The second-order valence-corrected chi connectivity index (χ2v) is 8.54. The van der Waals surface area contributed by atoms with Gasteiger partial charge >= 0.3 is 0 Å². The molecule has 0 fully saturated rings. The normalized spacial score (nSPS) is 14.5. The van der Waals surface area contributed by atoms with Crippen molar-refractivity contribution < 1.29 is 14.6 Å². The van der Waals surface area contributed by atoms with Gasteiger partial charge in [0.15, 0.2) is 0 Å². The molecule has 5 nitrogen and oxygen atoms in total. The number of benzene rings is 3. The van der Waals surface area contributed by atoms with Crippen molar-refractivity contribution in [2.45, 2.75) is 25.8 Å². The zero-order valence-electron chi connectivity index (χ0n) is 19.0. The van der Waals surface area contributed by atoms with Gasteiger partial charge in [-0.05, 0) is 47.0 Å². The van der Waals surface area contributed by atoms with E-state index in [1.807, 2.05) is 60.7 Å². The van der Waals surface area contributed by atoms with Crippen molar-refractivity contribution in [3.63, 3.8) is 0 Å². The molecule has 3 aromatic carbocycles. The number of ether oxygens (including phenoxy) is 2. The Balaban J connectivity index is 1.27. The van der Waals surface area contributed by atoms with Gasteiger partial charge in [-0.3, -0.25) is 9.88 Å². The lowest BCUT2D eigenvalue weighted by Gasteiger charge is -2.20. The first-order valence-corrected chi connectivity index (χ1v) is 11.6. The van der Waals surface area contributed by atoms with Gasteiger partial charge in [0.2, 0.25) is 0 Å². The van der Waals surface area contributed by atoms with E-state index >= 15 is 0 Å². The molecule has 1 aromatic heterocycles. The molecule has 0 amide bonds. The van der Waals surface area contributed by atoms with Crippen LogP contribution in [0.4, 0.5) is 0 Å². The van der Waals surface area contributed by atoms with E-state index in [0.29, 0.717) is 13.2 Å². The Morgan fingerprint density at radius 1 is 0.912 bits per heavy atom. The van der Waals surface area contributed by atoms with Crippen LogP contribution in [0.2, 0.25) is 0 Å². The summed E-state index contributed by atoms with van der Waals surface area (Å²) < 4.78 is 12.0. The summed E-state index contributed by atoms with van der Waals surface area (Å²) in [6, 6.07) is 28.1. The first-order valence-electron chi connectivity index (χ1n) is 11.6. The summed E-state index contributed by atoms with van der Waals surface area (Å²) in [5.41, 5.74) is 5.04. The lowest BCUT2D eigenvalue weighted by molar-refractivity contribution is 0.218. The fourth-order valence-corrected chi connectivity index (χ4v) is 4.24. The molecule has 1 aliphatic rings. The molecule has 0 saturated heterocycles. The van der Waals surface area contributed by atoms with Crippen LogP contribution in [0.1, 0.15) is 33.9 Å². The van der Waals surface area contributed by atoms with E-state index in [1.165, 1.54) is 5.56 Å². The highest BCUT2D eigenvalue weighted by Gasteiger charge is 2.19. The fraction of sp³-hybridized carbons (Fsp3) is 0.207. The van der Waals surface area contributed by atoms with Gasteiger partial charge in [-0.2, -0.15) is 0 Å². The van der Waals surface area contributed by atoms with Crippen LogP contribution >= 0.6 is 0 Å². The molecule has 1 N–H and O–H groups in total. The van der Waals surface area contributed by atoms with Gasteiger partial charge in [0, 0.05) is 43.2 Å². The summed E-state index contributed by atoms with van der Waals surface area (Å²) >= 11 is 0. The van der Waals surface area contributed by atoms with Gasteiger partial charge in [0.25, 0.3) is 0 Å².